The second-order valence-electron chi connectivity index (χ2n) is 8.22. The molecule has 1 aromatic heterocycles. The summed E-state index contributed by atoms with van der Waals surface area (Å²) in [6.07, 6.45) is 0. The third kappa shape index (κ3) is 5.49. The first-order chi connectivity index (χ1) is 16.3. The molecule has 0 aliphatic carbocycles. The Morgan fingerprint density at radius 3 is 2.35 bits per heavy atom. The fourth-order valence-corrected chi connectivity index (χ4v) is 4.89. The molecule has 0 spiro atoms. The number of nitrogens with one attached hydrogen (secondary N) is 1. The molecule has 0 radical (unpaired) electrons. The van der Waals surface area contributed by atoms with Gasteiger partial charge in [0.15, 0.2) is 0 Å². The Kier molecular flexibility index (Phi) is 7.04. The highest BCUT2D eigenvalue weighted by molar-refractivity contribution is 7.18. The molecule has 3 amide bonds. The van der Waals surface area contributed by atoms with E-state index in [-0.39, 0.29) is 11.5 Å². The van der Waals surface area contributed by atoms with E-state index in [1.54, 1.807) is 18.2 Å². The predicted molar refractivity (Wildman–Crippen MR) is 130 cm³/mol. The van der Waals surface area contributed by atoms with Gasteiger partial charge < -0.3 is 16.0 Å². The minimum atomic E-state index is -0.479. The maximum atomic E-state index is 13.4. The van der Waals surface area contributed by atoms with Crippen molar-refractivity contribution in [3.05, 3.63) is 87.5 Å². The van der Waals surface area contributed by atoms with E-state index >= 15 is 0 Å². The first kappa shape index (κ1) is 23.6. The van der Waals surface area contributed by atoms with Crippen LogP contribution >= 0.6 is 11.3 Å². The third-order valence-corrected chi connectivity index (χ3v) is 6.88. The van der Waals surface area contributed by atoms with Crippen LogP contribution in [-0.2, 0) is 6.54 Å². The van der Waals surface area contributed by atoms with Gasteiger partial charge in [0.05, 0.1) is 9.88 Å². The number of rotatable bonds is 6. The monoisotopic (exact) mass is 480 g/mol. The Morgan fingerprint density at radius 2 is 1.71 bits per heavy atom. The molecule has 0 atom stereocenters. The molecule has 1 saturated heterocycles. The lowest BCUT2D eigenvalue weighted by Gasteiger charge is -2.34. The number of nitrogens with two attached hydrogens (primary N) is 1. The first-order valence-corrected chi connectivity index (χ1v) is 11.7. The Balaban J connectivity index is 1.33. The topological polar surface area (TPSA) is 95.7 Å². The number of hydrogen-bond donors (Lipinski definition) is 2. The van der Waals surface area contributed by atoms with Crippen molar-refractivity contribution < 1.29 is 18.8 Å². The standard InChI is InChI=1S/C25H25FN4O3S/c1-16-13-21(28-24(32)19-3-2-4-20(26)14-19)34-22(16)25(33)30-11-9-29(10-12-30)15-17-5-7-18(8-6-17)23(27)31/h2-8,13-14H,9-12,15H2,1H3,(H2,27,31)(H,28,32). The van der Waals surface area contributed by atoms with Crippen LogP contribution in [0.3, 0.4) is 0 Å². The summed E-state index contributed by atoms with van der Waals surface area (Å²) in [4.78, 5) is 41.4. The van der Waals surface area contributed by atoms with Crippen LogP contribution in [0.25, 0.3) is 0 Å². The fraction of sp³-hybridized carbons (Fsp3) is 0.240. The van der Waals surface area contributed by atoms with Gasteiger partial charge in [-0.3, -0.25) is 19.3 Å². The lowest BCUT2D eigenvalue weighted by Crippen LogP contribution is -2.48. The zero-order valence-electron chi connectivity index (χ0n) is 18.7. The molecule has 1 aliphatic heterocycles. The molecule has 3 N–H and O–H groups in total. The van der Waals surface area contributed by atoms with E-state index in [4.69, 9.17) is 5.73 Å². The number of benzene rings is 2. The molecule has 3 aromatic rings. The average molecular weight is 481 g/mol. The van der Waals surface area contributed by atoms with Crippen molar-refractivity contribution in [3.63, 3.8) is 0 Å². The zero-order valence-corrected chi connectivity index (χ0v) is 19.5. The second-order valence-corrected chi connectivity index (χ2v) is 9.27. The van der Waals surface area contributed by atoms with Gasteiger partial charge in [0.25, 0.3) is 11.8 Å². The SMILES string of the molecule is Cc1cc(NC(=O)c2cccc(F)c2)sc1C(=O)N1CCN(Cc2ccc(C(N)=O)cc2)CC1. The minimum Gasteiger partial charge on any atom is -0.366 e. The van der Waals surface area contributed by atoms with Crippen molar-refractivity contribution in [2.45, 2.75) is 13.5 Å². The summed E-state index contributed by atoms with van der Waals surface area (Å²) in [5.74, 6) is -1.40. The number of aryl methyl sites for hydroxylation is 1. The number of hydrogen-bond acceptors (Lipinski definition) is 5. The van der Waals surface area contributed by atoms with E-state index in [9.17, 15) is 18.8 Å². The molecule has 176 valence electrons. The summed E-state index contributed by atoms with van der Waals surface area (Å²) in [6.45, 7) is 5.23. The quantitative estimate of drug-likeness (QED) is 0.565. The van der Waals surface area contributed by atoms with Gasteiger partial charge >= 0.3 is 0 Å². The number of carbonyl (C=O) groups excluding carboxylic acids is 3. The number of halogens is 1. The summed E-state index contributed by atoms with van der Waals surface area (Å²) in [5.41, 5.74) is 7.87. The van der Waals surface area contributed by atoms with Crippen molar-refractivity contribution in [2.75, 3.05) is 31.5 Å². The molecule has 9 heteroatoms. The van der Waals surface area contributed by atoms with E-state index in [2.05, 4.69) is 10.2 Å². The largest absolute Gasteiger partial charge is 0.366 e. The van der Waals surface area contributed by atoms with Gasteiger partial charge in [-0.05, 0) is 54.4 Å². The van der Waals surface area contributed by atoms with Gasteiger partial charge in [-0.25, -0.2) is 4.39 Å². The van der Waals surface area contributed by atoms with Crippen LogP contribution in [0.2, 0.25) is 0 Å². The molecule has 1 aliphatic rings. The molecule has 1 fully saturated rings. The maximum Gasteiger partial charge on any atom is 0.264 e. The van der Waals surface area contributed by atoms with Crippen LogP contribution < -0.4 is 11.1 Å². The smallest absolute Gasteiger partial charge is 0.264 e. The molecule has 0 bridgehead atoms. The number of carbonyl (C=O) groups is 3. The number of anilines is 1. The molecular weight excluding hydrogens is 455 g/mol. The van der Waals surface area contributed by atoms with E-state index < -0.39 is 17.6 Å². The highest BCUT2D eigenvalue weighted by atomic mass is 32.1. The Bertz CT molecular complexity index is 1220. The van der Waals surface area contributed by atoms with Gasteiger partial charge in [-0.2, -0.15) is 0 Å². The number of thiophene rings is 1. The fourth-order valence-electron chi connectivity index (χ4n) is 3.86. The van der Waals surface area contributed by atoms with Gasteiger partial charge in [0.2, 0.25) is 5.91 Å². The second kappa shape index (κ2) is 10.1. The van der Waals surface area contributed by atoms with Crippen molar-refractivity contribution in [3.8, 4) is 0 Å². The number of amides is 3. The molecule has 34 heavy (non-hydrogen) atoms. The lowest BCUT2D eigenvalue weighted by atomic mass is 10.1. The summed E-state index contributed by atoms with van der Waals surface area (Å²) >= 11 is 1.23. The Morgan fingerprint density at radius 1 is 1.00 bits per heavy atom. The van der Waals surface area contributed by atoms with Gasteiger partial charge in [0.1, 0.15) is 5.82 Å². The van der Waals surface area contributed by atoms with Gasteiger partial charge in [0, 0.05) is 43.9 Å². The van der Waals surface area contributed by atoms with E-state index in [0.29, 0.717) is 28.5 Å². The molecule has 7 nitrogen and oxygen atoms in total. The first-order valence-electron chi connectivity index (χ1n) is 10.9. The average Bonchev–Trinajstić information content (AvgIpc) is 3.19. The van der Waals surface area contributed by atoms with Crippen LogP contribution in [0.15, 0.2) is 54.6 Å². The Labute approximate surface area is 201 Å². The summed E-state index contributed by atoms with van der Waals surface area (Å²) < 4.78 is 13.4. The van der Waals surface area contributed by atoms with E-state index in [0.717, 1.165) is 30.8 Å². The van der Waals surface area contributed by atoms with Crippen LogP contribution in [-0.4, -0.2) is 53.7 Å². The van der Waals surface area contributed by atoms with Gasteiger partial charge in [-0.15, -0.1) is 11.3 Å². The van der Waals surface area contributed by atoms with Crippen LogP contribution in [0, 0.1) is 12.7 Å². The summed E-state index contributed by atoms with van der Waals surface area (Å²) in [5, 5.41) is 3.30. The highest BCUT2D eigenvalue weighted by Crippen LogP contribution is 2.29. The van der Waals surface area contributed by atoms with Crippen LogP contribution in [0.5, 0.6) is 0 Å². The molecule has 0 unspecified atom stereocenters. The highest BCUT2D eigenvalue weighted by Gasteiger charge is 2.25. The Hall–Kier alpha value is -3.56. The molecule has 4 rings (SSSR count). The van der Waals surface area contributed by atoms with Crippen LogP contribution in [0.4, 0.5) is 9.39 Å². The van der Waals surface area contributed by atoms with E-state index in [1.165, 1.54) is 35.6 Å². The summed E-state index contributed by atoms with van der Waals surface area (Å²) in [6, 6.07) is 14.5. The molecule has 2 aromatic carbocycles. The maximum absolute atomic E-state index is 13.4. The van der Waals surface area contributed by atoms with Crippen molar-refractivity contribution in [1.82, 2.24) is 9.80 Å². The zero-order chi connectivity index (χ0) is 24.2. The molecule has 0 saturated carbocycles. The van der Waals surface area contributed by atoms with Gasteiger partial charge in [-0.1, -0.05) is 18.2 Å². The predicted octanol–water partition coefficient (Wildman–Crippen LogP) is 3.50. The number of piperazine rings is 1. The van der Waals surface area contributed by atoms with E-state index in [1.807, 2.05) is 24.0 Å². The summed E-state index contributed by atoms with van der Waals surface area (Å²) in [7, 11) is 0. The van der Waals surface area contributed by atoms with Crippen LogP contribution in [0.1, 0.15) is 41.5 Å². The third-order valence-electron chi connectivity index (χ3n) is 5.74. The molecule has 2 heterocycles. The lowest BCUT2D eigenvalue weighted by molar-refractivity contribution is 0.0632. The number of primary amides is 1. The number of nitrogens with zero attached hydrogens (tertiary/aromatic N) is 2. The van der Waals surface area contributed by atoms with Crippen molar-refractivity contribution in [2.24, 2.45) is 5.73 Å². The molecular formula is C25H25FN4O3S. The minimum absolute atomic E-state index is 0.0563. The van der Waals surface area contributed by atoms with Crippen molar-refractivity contribution >= 4 is 34.1 Å². The van der Waals surface area contributed by atoms with Crippen molar-refractivity contribution in [1.29, 1.82) is 0 Å². The normalized spacial score (nSPS) is 14.1.